The number of benzene rings is 3. The van der Waals surface area contributed by atoms with Crippen molar-refractivity contribution in [2.75, 3.05) is 0 Å². The molecule has 0 aliphatic carbocycles. The fraction of sp³-hybridized carbons (Fsp3) is 0.0833. The molecular formula is C24H17Cl2NO3. The van der Waals surface area contributed by atoms with Crippen molar-refractivity contribution in [3.05, 3.63) is 105 Å². The first-order valence-electron chi connectivity index (χ1n) is 9.24. The van der Waals surface area contributed by atoms with Gasteiger partial charge in [0.2, 0.25) is 5.90 Å². The normalized spacial score (nSPS) is 14.6. The van der Waals surface area contributed by atoms with Crippen LogP contribution in [0.15, 0.2) is 77.4 Å². The highest BCUT2D eigenvalue weighted by Gasteiger charge is 2.25. The van der Waals surface area contributed by atoms with Gasteiger partial charge in [0, 0.05) is 5.02 Å². The van der Waals surface area contributed by atoms with Crippen molar-refractivity contribution in [1.29, 1.82) is 0 Å². The zero-order chi connectivity index (χ0) is 21.1. The minimum atomic E-state index is -0.532. The number of cyclic esters (lactones) is 1. The van der Waals surface area contributed by atoms with E-state index in [1.54, 1.807) is 24.3 Å². The molecule has 0 aromatic heterocycles. The second kappa shape index (κ2) is 8.74. The average Bonchev–Trinajstić information content (AvgIpc) is 3.08. The molecule has 3 aromatic carbocycles. The molecule has 30 heavy (non-hydrogen) atoms. The van der Waals surface area contributed by atoms with Gasteiger partial charge in [0.05, 0.1) is 10.6 Å². The zero-order valence-electron chi connectivity index (χ0n) is 16.1. The Labute approximate surface area is 184 Å². The Hall–Kier alpha value is -3.08. The monoisotopic (exact) mass is 437 g/mol. The van der Waals surface area contributed by atoms with E-state index in [0.717, 1.165) is 16.9 Å². The number of esters is 1. The number of halogens is 2. The standard InChI is InChI=1S/C24H17Cl2NO3/c1-15-2-4-17(5-3-15)14-29-19-9-6-16(7-10-19)12-22-24(28)30-23(27-22)20-11-8-18(25)13-21(20)26/h2-13H,14H2,1H3/b22-12-. The molecule has 0 saturated carbocycles. The van der Waals surface area contributed by atoms with Crippen molar-refractivity contribution in [2.24, 2.45) is 4.99 Å². The molecule has 0 amide bonds. The molecule has 4 rings (SSSR count). The number of aryl methyl sites for hydroxylation is 1. The minimum absolute atomic E-state index is 0.158. The summed E-state index contributed by atoms with van der Waals surface area (Å²) >= 11 is 12.1. The van der Waals surface area contributed by atoms with E-state index in [9.17, 15) is 4.79 Å². The lowest BCUT2D eigenvalue weighted by Crippen LogP contribution is -2.05. The highest BCUT2D eigenvalue weighted by molar-refractivity contribution is 6.37. The summed E-state index contributed by atoms with van der Waals surface area (Å²) in [6.45, 7) is 2.54. The van der Waals surface area contributed by atoms with E-state index in [2.05, 4.69) is 24.0 Å². The number of rotatable bonds is 5. The van der Waals surface area contributed by atoms with Crippen LogP contribution in [0.1, 0.15) is 22.3 Å². The lowest BCUT2D eigenvalue weighted by atomic mass is 10.1. The van der Waals surface area contributed by atoms with Crippen LogP contribution in [0.2, 0.25) is 10.0 Å². The maximum Gasteiger partial charge on any atom is 0.363 e. The Kier molecular flexibility index (Phi) is 5.88. The van der Waals surface area contributed by atoms with E-state index in [4.69, 9.17) is 32.7 Å². The summed E-state index contributed by atoms with van der Waals surface area (Å²) in [6.07, 6.45) is 1.66. The first-order chi connectivity index (χ1) is 14.5. The van der Waals surface area contributed by atoms with Gasteiger partial charge in [-0.1, -0.05) is 65.2 Å². The fourth-order valence-corrected chi connectivity index (χ4v) is 3.35. The predicted molar refractivity (Wildman–Crippen MR) is 119 cm³/mol. The van der Waals surface area contributed by atoms with Gasteiger partial charge < -0.3 is 9.47 Å². The molecule has 0 spiro atoms. The summed E-state index contributed by atoms with van der Waals surface area (Å²) < 4.78 is 11.1. The third kappa shape index (κ3) is 4.73. The molecule has 0 saturated heterocycles. The molecule has 0 fully saturated rings. The van der Waals surface area contributed by atoms with E-state index in [-0.39, 0.29) is 11.6 Å². The van der Waals surface area contributed by atoms with Crippen LogP contribution in [0.3, 0.4) is 0 Å². The number of hydrogen-bond donors (Lipinski definition) is 0. The molecule has 1 aliphatic heterocycles. The van der Waals surface area contributed by atoms with Gasteiger partial charge in [-0.05, 0) is 54.5 Å². The number of nitrogens with zero attached hydrogens (tertiary/aromatic N) is 1. The SMILES string of the molecule is Cc1ccc(COc2ccc(/C=C3\N=C(c4ccc(Cl)cc4Cl)OC3=O)cc2)cc1. The third-order valence-electron chi connectivity index (χ3n) is 4.49. The zero-order valence-corrected chi connectivity index (χ0v) is 17.6. The van der Waals surface area contributed by atoms with Gasteiger partial charge >= 0.3 is 5.97 Å². The van der Waals surface area contributed by atoms with Crippen molar-refractivity contribution in [3.63, 3.8) is 0 Å². The second-order valence-corrected chi connectivity index (χ2v) is 7.65. The molecule has 4 nitrogen and oxygen atoms in total. The summed E-state index contributed by atoms with van der Waals surface area (Å²) in [5.74, 6) is 0.366. The minimum Gasteiger partial charge on any atom is -0.489 e. The molecule has 0 bridgehead atoms. The van der Waals surface area contributed by atoms with Crippen LogP contribution < -0.4 is 4.74 Å². The maximum atomic E-state index is 12.2. The van der Waals surface area contributed by atoms with Crippen molar-refractivity contribution in [2.45, 2.75) is 13.5 Å². The Balaban J connectivity index is 1.46. The number of carbonyl (C=O) groups excluding carboxylic acids is 1. The van der Waals surface area contributed by atoms with Crippen LogP contribution in [-0.4, -0.2) is 11.9 Å². The van der Waals surface area contributed by atoms with Crippen molar-refractivity contribution in [1.82, 2.24) is 0 Å². The van der Waals surface area contributed by atoms with Gasteiger partial charge in [-0.15, -0.1) is 0 Å². The van der Waals surface area contributed by atoms with Crippen LogP contribution in [0, 0.1) is 6.92 Å². The van der Waals surface area contributed by atoms with Crippen molar-refractivity contribution >= 4 is 41.1 Å². The van der Waals surface area contributed by atoms with Crippen molar-refractivity contribution < 1.29 is 14.3 Å². The third-order valence-corrected chi connectivity index (χ3v) is 5.04. The number of hydrogen-bond acceptors (Lipinski definition) is 4. The Morgan fingerprint density at radius 2 is 1.73 bits per heavy atom. The smallest absolute Gasteiger partial charge is 0.363 e. The lowest BCUT2D eigenvalue weighted by molar-refractivity contribution is -0.129. The molecule has 3 aromatic rings. The first kappa shape index (κ1) is 20.2. The number of ether oxygens (including phenoxy) is 2. The van der Waals surface area contributed by atoms with Gasteiger partial charge in [-0.2, -0.15) is 0 Å². The van der Waals surface area contributed by atoms with Gasteiger partial charge in [-0.3, -0.25) is 0 Å². The van der Waals surface area contributed by atoms with E-state index >= 15 is 0 Å². The Bertz CT molecular complexity index is 1150. The van der Waals surface area contributed by atoms with Gasteiger partial charge in [-0.25, -0.2) is 9.79 Å². The van der Waals surface area contributed by atoms with Crippen molar-refractivity contribution in [3.8, 4) is 5.75 Å². The average molecular weight is 438 g/mol. The van der Waals surface area contributed by atoms with Crippen LogP contribution >= 0.6 is 23.2 Å². The maximum absolute atomic E-state index is 12.2. The van der Waals surface area contributed by atoms with E-state index in [0.29, 0.717) is 22.2 Å². The number of carbonyl (C=O) groups is 1. The van der Waals surface area contributed by atoms with Crippen LogP contribution in [0.25, 0.3) is 6.08 Å². The topological polar surface area (TPSA) is 47.9 Å². The predicted octanol–water partition coefficient (Wildman–Crippen LogP) is 6.23. The molecule has 1 aliphatic rings. The van der Waals surface area contributed by atoms with E-state index in [1.807, 2.05) is 36.4 Å². The molecular weight excluding hydrogens is 421 g/mol. The first-order valence-corrected chi connectivity index (χ1v) is 10.00. The molecule has 1 heterocycles. The molecule has 0 N–H and O–H groups in total. The highest BCUT2D eigenvalue weighted by Crippen LogP contribution is 2.26. The van der Waals surface area contributed by atoms with E-state index in [1.165, 1.54) is 5.56 Å². The fourth-order valence-electron chi connectivity index (χ4n) is 2.86. The van der Waals surface area contributed by atoms with Crippen LogP contribution in [-0.2, 0) is 16.1 Å². The number of aliphatic imine (C=N–C) groups is 1. The largest absolute Gasteiger partial charge is 0.489 e. The Morgan fingerprint density at radius 3 is 2.43 bits per heavy atom. The quantitative estimate of drug-likeness (QED) is 0.351. The molecule has 0 radical (unpaired) electrons. The van der Waals surface area contributed by atoms with Crippen LogP contribution in [0.5, 0.6) is 5.75 Å². The lowest BCUT2D eigenvalue weighted by Gasteiger charge is -2.07. The van der Waals surface area contributed by atoms with Gasteiger partial charge in [0.15, 0.2) is 5.70 Å². The summed E-state index contributed by atoms with van der Waals surface area (Å²) in [4.78, 5) is 16.5. The molecule has 150 valence electrons. The summed E-state index contributed by atoms with van der Waals surface area (Å²) in [7, 11) is 0. The molecule has 0 atom stereocenters. The Morgan fingerprint density at radius 1 is 1.00 bits per heavy atom. The molecule has 6 heteroatoms. The second-order valence-electron chi connectivity index (χ2n) is 6.80. The summed E-state index contributed by atoms with van der Waals surface area (Å²) in [5.41, 5.74) is 3.83. The summed E-state index contributed by atoms with van der Waals surface area (Å²) in [5, 5.41) is 0.861. The summed E-state index contributed by atoms with van der Waals surface area (Å²) in [6, 6.07) is 20.5. The highest BCUT2D eigenvalue weighted by atomic mass is 35.5. The van der Waals surface area contributed by atoms with Gasteiger partial charge in [0.1, 0.15) is 12.4 Å². The van der Waals surface area contributed by atoms with Crippen LogP contribution in [0.4, 0.5) is 0 Å². The van der Waals surface area contributed by atoms with Gasteiger partial charge in [0.25, 0.3) is 0 Å². The van der Waals surface area contributed by atoms with E-state index < -0.39 is 5.97 Å². The molecule has 0 unspecified atom stereocenters.